The summed E-state index contributed by atoms with van der Waals surface area (Å²) in [6.45, 7) is 3.86. The van der Waals surface area contributed by atoms with E-state index in [0.717, 1.165) is 10.0 Å². The summed E-state index contributed by atoms with van der Waals surface area (Å²) >= 11 is 3.44. The van der Waals surface area contributed by atoms with E-state index in [2.05, 4.69) is 15.9 Å². The Labute approximate surface area is 116 Å². The van der Waals surface area contributed by atoms with Gasteiger partial charge in [0, 0.05) is 4.47 Å². The van der Waals surface area contributed by atoms with Crippen LogP contribution in [0.2, 0.25) is 0 Å². The maximum atomic E-state index is 10.0. The van der Waals surface area contributed by atoms with Crippen LogP contribution in [0.3, 0.4) is 0 Å². The number of hydrogen-bond donors (Lipinski definition) is 2. The van der Waals surface area contributed by atoms with E-state index in [4.69, 9.17) is 15.2 Å². The second-order valence-corrected chi connectivity index (χ2v) is 5.34. The Balaban J connectivity index is 3.16. The van der Waals surface area contributed by atoms with Crippen LogP contribution < -0.4 is 15.2 Å². The van der Waals surface area contributed by atoms with Gasteiger partial charge in [0.2, 0.25) is 0 Å². The summed E-state index contributed by atoms with van der Waals surface area (Å²) in [6, 6.07) is 3.11. The molecule has 0 aliphatic heterocycles. The van der Waals surface area contributed by atoms with Crippen LogP contribution in [0.5, 0.6) is 11.5 Å². The molecular weight excluding hydrogens is 298 g/mol. The molecule has 0 aliphatic carbocycles. The molecule has 0 amide bonds. The molecule has 102 valence electrons. The Kier molecular flexibility index (Phi) is 5.44. The lowest BCUT2D eigenvalue weighted by atomic mass is 9.94. The molecule has 18 heavy (non-hydrogen) atoms. The fraction of sp³-hybridized carbons (Fsp3) is 0.538. The van der Waals surface area contributed by atoms with Gasteiger partial charge < -0.3 is 20.3 Å². The molecule has 0 aromatic heterocycles. The molecule has 0 saturated carbocycles. The van der Waals surface area contributed by atoms with E-state index in [1.54, 1.807) is 26.4 Å². The monoisotopic (exact) mass is 317 g/mol. The average Bonchev–Trinajstić information content (AvgIpc) is 2.36. The largest absolute Gasteiger partial charge is 0.493 e. The molecule has 1 aromatic carbocycles. The number of ether oxygens (including phenoxy) is 2. The zero-order valence-corrected chi connectivity index (χ0v) is 12.7. The summed E-state index contributed by atoms with van der Waals surface area (Å²) in [5.74, 6) is 1.31. The minimum atomic E-state index is -0.612. The Morgan fingerprint density at radius 1 is 1.17 bits per heavy atom. The molecule has 0 aliphatic rings. The zero-order valence-electron chi connectivity index (χ0n) is 11.1. The quantitative estimate of drug-likeness (QED) is 0.875. The molecule has 1 aromatic rings. The predicted molar refractivity (Wildman–Crippen MR) is 75.0 cm³/mol. The van der Waals surface area contributed by atoms with E-state index in [0.29, 0.717) is 11.5 Å². The maximum Gasteiger partial charge on any atom is 0.161 e. The number of aliphatic hydroxyl groups is 1. The van der Waals surface area contributed by atoms with Crippen LogP contribution in [0.4, 0.5) is 0 Å². The molecule has 0 bridgehead atoms. The normalized spacial score (nSPS) is 14.4. The SMILES string of the molecule is COc1cc(Br)c([C@H](N)[C@H](O)C(C)C)cc1OC. The van der Waals surface area contributed by atoms with Crippen molar-refractivity contribution >= 4 is 15.9 Å². The smallest absolute Gasteiger partial charge is 0.161 e. The molecule has 1 rings (SSSR count). The molecule has 0 unspecified atom stereocenters. The molecule has 5 heteroatoms. The van der Waals surface area contributed by atoms with Crippen LogP contribution in [-0.2, 0) is 0 Å². The van der Waals surface area contributed by atoms with Crippen molar-refractivity contribution in [3.63, 3.8) is 0 Å². The number of rotatable bonds is 5. The van der Waals surface area contributed by atoms with Gasteiger partial charge in [-0.2, -0.15) is 0 Å². The minimum Gasteiger partial charge on any atom is -0.493 e. The van der Waals surface area contributed by atoms with Crippen molar-refractivity contribution in [1.29, 1.82) is 0 Å². The van der Waals surface area contributed by atoms with Crippen molar-refractivity contribution in [2.24, 2.45) is 11.7 Å². The maximum absolute atomic E-state index is 10.0. The van der Waals surface area contributed by atoms with Crippen LogP contribution >= 0.6 is 15.9 Å². The first-order chi connectivity index (χ1) is 8.42. The standard InChI is InChI=1S/C13H20BrNO3/c1-7(2)13(16)12(15)8-5-10(17-3)11(18-4)6-9(8)14/h5-7,12-13,16H,15H2,1-4H3/t12-,13+/m0/s1. The highest BCUT2D eigenvalue weighted by molar-refractivity contribution is 9.10. The van der Waals surface area contributed by atoms with Gasteiger partial charge in [-0.3, -0.25) is 0 Å². The van der Waals surface area contributed by atoms with Gasteiger partial charge in [0.25, 0.3) is 0 Å². The number of aliphatic hydroxyl groups excluding tert-OH is 1. The van der Waals surface area contributed by atoms with Crippen molar-refractivity contribution in [3.05, 3.63) is 22.2 Å². The van der Waals surface area contributed by atoms with E-state index in [1.807, 2.05) is 13.8 Å². The van der Waals surface area contributed by atoms with Gasteiger partial charge in [0.1, 0.15) is 0 Å². The molecule has 0 radical (unpaired) electrons. The second-order valence-electron chi connectivity index (χ2n) is 4.49. The number of nitrogens with two attached hydrogens (primary N) is 1. The van der Waals surface area contributed by atoms with E-state index in [-0.39, 0.29) is 5.92 Å². The van der Waals surface area contributed by atoms with E-state index in [9.17, 15) is 5.11 Å². The molecule has 0 heterocycles. The topological polar surface area (TPSA) is 64.7 Å². The van der Waals surface area contributed by atoms with Crippen LogP contribution in [0, 0.1) is 5.92 Å². The summed E-state index contributed by atoms with van der Waals surface area (Å²) in [5, 5.41) is 10.0. The Bertz CT molecular complexity index is 409. The first-order valence-corrected chi connectivity index (χ1v) is 6.56. The van der Waals surface area contributed by atoms with Crippen molar-refractivity contribution in [3.8, 4) is 11.5 Å². The Hall–Kier alpha value is -0.780. The fourth-order valence-electron chi connectivity index (χ4n) is 1.72. The van der Waals surface area contributed by atoms with Crippen molar-refractivity contribution in [2.45, 2.75) is 26.0 Å². The van der Waals surface area contributed by atoms with Gasteiger partial charge in [-0.25, -0.2) is 0 Å². The lowest BCUT2D eigenvalue weighted by Gasteiger charge is -2.24. The Morgan fingerprint density at radius 2 is 1.67 bits per heavy atom. The third kappa shape index (κ3) is 3.16. The molecule has 4 nitrogen and oxygen atoms in total. The molecule has 0 spiro atoms. The second kappa shape index (κ2) is 6.41. The van der Waals surface area contributed by atoms with E-state index in [1.165, 1.54) is 0 Å². The summed E-state index contributed by atoms with van der Waals surface area (Å²) in [7, 11) is 3.15. The molecular formula is C13H20BrNO3. The molecule has 3 N–H and O–H groups in total. The zero-order chi connectivity index (χ0) is 13.9. The number of halogens is 1. The van der Waals surface area contributed by atoms with Gasteiger partial charge in [-0.1, -0.05) is 29.8 Å². The molecule has 0 fully saturated rings. The Morgan fingerprint density at radius 3 is 2.11 bits per heavy atom. The summed E-state index contributed by atoms with van der Waals surface area (Å²) in [5.41, 5.74) is 6.88. The third-order valence-corrected chi connectivity index (χ3v) is 3.60. The first kappa shape index (κ1) is 15.3. The van der Waals surface area contributed by atoms with E-state index < -0.39 is 12.1 Å². The highest BCUT2D eigenvalue weighted by Gasteiger charge is 2.23. The van der Waals surface area contributed by atoms with Gasteiger partial charge >= 0.3 is 0 Å². The van der Waals surface area contributed by atoms with Crippen LogP contribution in [0.1, 0.15) is 25.5 Å². The van der Waals surface area contributed by atoms with Gasteiger partial charge in [0.15, 0.2) is 11.5 Å². The first-order valence-electron chi connectivity index (χ1n) is 5.77. The van der Waals surface area contributed by atoms with Gasteiger partial charge in [-0.05, 0) is 23.6 Å². The van der Waals surface area contributed by atoms with Gasteiger partial charge in [0.05, 0.1) is 26.4 Å². The van der Waals surface area contributed by atoms with Crippen LogP contribution in [0.15, 0.2) is 16.6 Å². The van der Waals surface area contributed by atoms with Crippen molar-refractivity contribution in [2.75, 3.05) is 14.2 Å². The fourth-order valence-corrected chi connectivity index (χ4v) is 2.31. The van der Waals surface area contributed by atoms with Crippen molar-refractivity contribution in [1.82, 2.24) is 0 Å². The summed E-state index contributed by atoms with van der Waals surface area (Å²) in [4.78, 5) is 0. The molecule has 0 saturated heterocycles. The number of hydrogen-bond acceptors (Lipinski definition) is 4. The molecule has 2 atom stereocenters. The van der Waals surface area contributed by atoms with Gasteiger partial charge in [-0.15, -0.1) is 0 Å². The summed E-state index contributed by atoms with van der Waals surface area (Å²) < 4.78 is 11.2. The number of methoxy groups -OCH3 is 2. The summed E-state index contributed by atoms with van der Waals surface area (Å²) in [6.07, 6.45) is -0.612. The highest BCUT2D eigenvalue weighted by Crippen LogP contribution is 2.36. The lowest BCUT2D eigenvalue weighted by Crippen LogP contribution is -2.30. The lowest BCUT2D eigenvalue weighted by molar-refractivity contribution is 0.0976. The highest BCUT2D eigenvalue weighted by atomic mass is 79.9. The minimum absolute atomic E-state index is 0.0833. The predicted octanol–water partition coefficient (Wildman–Crippen LogP) is 2.48. The number of benzene rings is 1. The van der Waals surface area contributed by atoms with E-state index >= 15 is 0 Å². The van der Waals surface area contributed by atoms with Crippen molar-refractivity contribution < 1.29 is 14.6 Å². The van der Waals surface area contributed by atoms with Crippen LogP contribution in [0.25, 0.3) is 0 Å². The average molecular weight is 318 g/mol. The third-order valence-electron chi connectivity index (χ3n) is 2.91. The van der Waals surface area contributed by atoms with Crippen LogP contribution in [-0.4, -0.2) is 25.4 Å².